The van der Waals surface area contributed by atoms with Crippen LogP contribution in [0, 0.1) is 13.8 Å². The molecule has 0 bridgehead atoms. The van der Waals surface area contributed by atoms with Crippen LogP contribution < -0.4 is 9.62 Å². The van der Waals surface area contributed by atoms with Crippen LogP contribution in [0.25, 0.3) is 0 Å². The lowest BCUT2D eigenvalue weighted by atomic mass is 10.1. The van der Waals surface area contributed by atoms with Crippen molar-refractivity contribution in [2.45, 2.75) is 53.2 Å². The number of benzene rings is 2. The predicted octanol–water partition coefficient (Wildman–Crippen LogP) is 3.66. The number of halogens is 1. The van der Waals surface area contributed by atoms with Crippen LogP contribution in [0.4, 0.5) is 5.69 Å². The van der Waals surface area contributed by atoms with Gasteiger partial charge in [0.05, 0.1) is 11.9 Å². The molecule has 0 aliphatic heterocycles. The number of carbonyl (C=O) groups excluding carboxylic acids is 2. The van der Waals surface area contributed by atoms with Crippen LogP contribution in [0.15, 0.2) is 42.5 Å². The Hall–Kier alpha value is -2.58. The third-order valence-corrected chi connectivity index (χ3v) is 6.70. The second kappa shape index (κ2) is 11.0. The number of aryl methyl sites for hydroxylation is 2. The molecule has 0 aliphatic carbocycles. The van der Waals surface area contributed by atoms with Crippen LogP contribution >= 0.6 is 11.6 Å². The highest BCUT2D eigenvalue weighted by Gasteiger charge is 2.31. The summed E-state index contributed by atoms with van der Waals surface area (Å²) >= 11 is 6.31. The molecule has 33 heavy (non-hydrogen) atoms. The molecule has 0 heterocycles. The van der Waals surface area contributed by atoms with Gasteiger partial charge in [0.1, 0.15) is 12.6 Å². The number of hydrogen-bond acceptors (Lipinski definition) is 4. The fraction of sp³-hybridized carbons (Fsp3) is 0.417. The monoisotopic (exact) mass is 493 g/mol. The van der Waals surface area contributed by atoms with E-state index in [0.29, 0.717) is 16.3 Å². The molecule has 2 aromatic rings. The Bertz CT molecular complexity index is 1120. The molecule has 0 spiro atoms. The first-order chi connectivity index (χ1) is 15.3. The van der Waals surface area contributed by atoms with Gasteiger partial charge in [-0.1, -0.05) is 41.9 Å². The summed E-state index contributed by atoms with van der Waals surface area (Å²) in [4.78, 5) is 27.6. The van der Waals surface area contributed by atoms with Gasteiger partial charge in [-0.15, -0.1) is 0 Å². The average molecular weight is 494 g/mol. The standard InChI is InChI=1S/C24H32ClN3O4S/c1-16(2)26-24(30)19(5)27(14-20-9-7-8-10-21(20)25)23(29)15-28(33(6,31)32)22-13-17(3)11-12-18(22)4/h7-13,16,19H,14-15H2,1-6H3,(H,26,30)/t19-/m0/s1. The lowest BCUT2D eigenvalue weighted by molar-refractivity contribution is -0.139. The fourth-order valence-corrected chi connectivity index (χ4v) is 4.48. The van der Waals surface area contributed by atoms with Crippen LogP contribution in [0.2, 0.25) is 5.02 Å². The van der Waals surface area contributed by atoms with E-state index in [0.717, 1.165) is 21.7 Å². The minimum Gasteiger partial charge on any atom is -0.352 e. The number of rotatable bonds is 9. The molecule has 0 unspecified atom stereocenters. The van der Waals surface area contributed by atoms with Gasteiger partial charge in [-0.3, -0.25) is 13.9 Å². The molecular weight excluding hydrogens is 462 g/mol. The zero-order valence-electron chi connectivity index (χ0n) is 19.9. The zero-order valence-corrected chi connectivity index (χ0v) is 21.5. The summed E-state index contributed by atoms with van der Waals surface area (Å²) in [6.45, 7) is 8.55. The van der Waals surface area contributed by atoms with E-state index < -0.39 is 28.5 Å². The van der Waals surface area contributed by atoms with E-state index in [-0.39, 0.29) is 18.5 Å². The first kappa shape index (κ1) is 26.7. The molecule has 7 nitrogen and oxygen atoms in total. The van der Waals surface area contributed by atoms with Crippen LogP contribution in [0.3, 0.4) is 0 Å². The number of carbonyl (C=O) groups is 2. The number of sulfonamides is 1. The molecule has 0 saturated carbocycles. The fourth-order valence-electron chi connectivity index (χ4n) is 3.38. The maximum absolute atomic E-state index is 13.5. The highest BCUT2D eigenvalue weighted by atomic mass is 35.5. The topological polar surface area (TPSA) is 86.8 Å². The van der Waals surface area contributed by atoms with E-state index >= 15 is 0 Å². The Labute approximate surface area is 201 Å². The van der Waals surface area contributed by atoms with Gasteiger partial charge in [0, 0.05) is 17.6 Å². The molecule has 2 amide bonds. The number of hydrogen-bond donors (Lipinski definition) is 1. The van der Waals surface area contributed by atoms with Gasteiger partial charge in [-0.25, -0.2) is 8.42 Å². The second-order valence-electron chi connectivity index (χ2n) is 8.51. The normalized spacial score (nSPS) is 12.4. The maximum Gasteiger partial charge on any atom is 0.244 e. The first-order valence-corrected chi connectivity index (χ1v) is 12.9. The third-order valence-electron chi connectivity index (χ3n) is 5.21. The van der Waals surface area contributed by atoms with Crippen LogP contribution in [-0.4, -0.2) is 50.0 Å². The average Bonchev–Trinajstić information content (AvgIpc) is 2.71. The molecule has 2 rings (SSSR count). The van der Waals surface area contributed by atoms with E-state index in [2.05, 4.69) is 5.32 Å². The minimum absolute atomic E-state index is 0.0651. The Morgan fingerprint density at radius 1 is 1.06 bits per heavy atom. The van der Waals surface area contributed by atoms with E-state index in [4.69, 9.17) is 11.6 Å². The van der Waals surface area contributed by atoms with Crippen LogP contribution in [0.1, 0.15) is 37.5 Å². The van der Waals surface area contributed by atoms with E-state index in [1.807, 2.05) is 32.9 Å². The lowest BCUT2D eigenvalue weighted by Crippen LogP contribution is -2.52. The lowest BCUT2D eigenvalue weighted by Gasteiger charge is -2.32. The smallest absolute Gasteiger partial charge is 0.244 e. The number of amides is 2. The van der Waals surface area contributed by atoms with Crippen molar-refractivity contribution < 1.29 is 18.0 Å². The molecule has 0 fully saturated rings. The molecule has 1 N–H and O–H groups in total. The minimum atomic E-state index is -3.77. The van der Waals surface area contributed by atoms with Gasteiger partial charge in [0.2, 0.25) is 21.8 Å². The van der Waals surface area contributed by atoms with Crippen LogP contribution in [-0.2, 0) is 26.2 Å². The van der Waals surface area contributed by atoms with Gasteiger partial charge >= 0.3 is 0 Å². The van der Waals surface area contributed by atoms with Gasteiger partial charge in [-0.05, 0) is 63.4 Å². The molecule has 0 radical (unpaired) electrons. The SMILES string of the molecule is Cc1ccc(C)c(N(CC(=O)N(Cc2ccccc2Cl)[C@@H](C)C(=O)NC(C)C)S(C)(=O)=O)c1. The zero-order chi connectivity index (χ0) is 24.9. The van der Waals surface area contributed by atoms with Gasteiger partial charge in [0.15, 0.2) is 0 Å². The van der Waals surface area contributed by atoms with Crippen molar-refractivity contribution in [1.82, 2.24) is 10.2 Å². The van der Waals surface area contributed by atoms with Crippen molar-refractivity contribution >= 4 is 39.1 Å². The van der Waals surface area contributed by atoms with E-state index in [1.165, 1.54) is 4.90 Å². The van der Waals surface area contributed by atoms with E-state index in [1.54, 1.807) is 44.2 Å². The summed E-state index contributed by atoms with van der Waals surface area (Å²) in [5, 5.41) is 3.27. The maximum atomic E-state index is 13.5. The highest BCUT2D eigenvalue weighted by Crippen LogP contribution is 2.25. The molecule has 180 valence electrons. The van der Waals surface area contributed by atoms with Crippen molar-refractivity contribution in [2.24, 2.45) is 0 Å². The summed E-state index contributed by atoms with van der Waals surface area (Å²) in [7, 11) is -3.77. The molecule has 0 aliphatic rings. The van der Waals surface area contributed by atoms with Gasteiger partial charge < -0.3 is 10.2 Å². The summed E-state index contributed by atoms with van der Waals surface area (Å²) in [6.07, 6.45) is 1.06. The summed E-state index contributed by atoms with van der Waals surface area (Å²) in [5.41, 5.74) is 2.69. The molecule has 1 atom stereocenters. The highest BCUT2D eigenvalue weighted by molar-refractivity contribution is 7.92. The van der Waals surface area contributed by atoms with Crippen molar-refractivity contribution in [3.05, 3.63) is 64.2 Å². The van der Waals surface area contributed by atoms with Crippen molar-refractivity contribution in [3.63, 3.8) is 0 Å². The molecule has 9 heteroatoms. The number of anilines is 1. The second-order valence-corrected chi connectivity index (χ2v) is 10.8. The molecule has 0 saturated heterocycles. The Balaban J connectivity index is 2.45. The first-order valence-electron chi connectivity index (χ1n) is 10.7. The Morgan fingerprint density at radius 3 is 2.27 bits per heavy atom. The number of nitrogens with one attached hydrogen (secondary N) is 1. The van der Waals surface area contributed by atoms with Gasteiger partial charge in [0.25, 0.3) is 0 Å². The predicted molar refractivity (Wildman–Crippen MR) is 133 cm³/mol. The summed E-state index contributed by atoms with van der Waals surface area (Å²) in [5.74, 6) is -0.837. The largest absolute Gasteiger partial charge is 0.352 e. The van der Waals surface area contributed by atoms with Gasteiger partial charge in [-0.2, -0.15) is 0 Å². The van der Waals surface area contributed by atoms with Crippen molar-refractivity contribution in [2.75, 3.05) is 17.1 Å². The molecule has 0 aromatic heterocycles. The Kier molecular flexibility index (Phi) is 8.91. The van der Waals surface area contributed by atoms with Crippen LogP contribution in [0.5, 0.6) is 0 Å². The van der Waals surface area contributed by atoms with Crippen molar-refractivity contribution in [3.8, 4) is 0 Å². The van der Waals surface area contributed by atoms with E-state index in [9.17, 15) is 18.0 Å². The van der Waals surface area contributed by atoms with Crippen molar-refractivity contribution in [1.29, 1.82) is 0 Å². The summed E-state index contributed by atoms with van der Waals surface area (Å²) < 4.78 is 26.4. The quantitative estimate of drug-likeness (QED) is 0.577. The Morgan fingerprint density at radius 2 is 1.70 bits per heavy atom. The number of nitrogens with zero attached hydrogens (tertiary/aromatic N) is 2. The third kappa shape index (κ3) is 7.20. The summed E-state index contributed by atoms with van der Waals surface area (Å²) in [6, 6.07) is 11.5. The molecule has 2 aromatic carbocycles. The molecular formula is C24H32ClN3O4S.